The number of carbonyl (C=O) groups excluding carboxylic acids is 2. The molecule has 0 bridgehead atoms. The van der Waals surface area contributed by atoms with Crippen molar-refractivity contribution in [2.24, 2.45) is 11.8 Å². The highest BCUT2D eigenvalue weighted by Crippen LogP contribution is 2.26. The van der Waals surface area contributed by atoms with Crippen molar-refractivity contribution in [1.29, 1.82) is 0 Å². The van der Waals surface area contributed by atoms with E-state index in [0.29, 0.717) is 25.6 Å². The number of anilines is 1. The summed E-state index contributed by atoms with van der Waals surface area (Å²) in [7, 11) is 0. The van der Waals surface area contributed by atoms with Crippen molar-refractivity contribution in [2.45, 2.75) is 59.4 Å². The third-order valence-corrected chi connectivity index (χ3v) is 6.64. The molecule has 2 aliphatic rings. The summed E-state index contributed by atoms with van der Waals surface area (Å²) in [5.41, 5.74) is 3.13. The van der Waals surface area contributed by atoms with Crippen LogP contribution in [0, 0.1) is 11.8 Å². The lowest BCUT2D eigenvalue weighted by Crippen LogP contribution is -2.56. The predicted molar refractivity (Wildman–Crippen MR) is 114 cm³/mol. The summed E-state index contributed by atoms with van der Waals surface area (Å²) in [5.74, 6) is 0.794. The van der Waals surface area contributed by atoms with Crippen LogP contribution in [0.5, 0.6) is 0 Å². The smallest absolute Gasteiger partial charge is 0.254 e. The van der Waals surface area contributed by atoms with E-state index in [4.69, 9.17) is 0 Å². The van der Waals surface area contributed by atoms with Gasteiger partial charge in [0.15, 0.2) is 0 Å². The Hall–Kier alpha value is -2.04. The van der Waals surface area contributed by atoms with E-state index in [-0.39, 0.29) is 23.8 Å². The SMILES string of the molecule is CCC(CC)C(C)C(=O)N1CCN(C(=O)c2ccc3c(c2)NCCC3)CC1C. The molecule has 2 unspecified atom stereocenters. The van der Waals surface area contributed by atoms with Crippen molar-refractivity contribution in [3.05, 3.63) is 29.3 Å². The first-order chi connectivity index (χ1) is 13.5. The summed E-state index contributed by atoms with van der Waals surface area (Å²) in [5, 5.41) is 3.40. The average molecular weight is 386 g/mol. The van der Waals surface area contributed by atoms with Crippen LogP contribution in [0.25, 0.3) is 0 Å². The summed E-state index contributed by atoms with van der Waals surface area (Å²) in [6, 6.07) is 6.08. The molecule has 5 nitrogen and oxygen atoms in total. The summed E-state index contributed by atoms with van der Waals surface area (Å²) in [6.07, 6.45) is 4.28. The second-order valence-corrected chi connectivity index (χ2v) is 8.40. The summed E-state index contributed by atoms with van der Waals surface area (Å²) >= 11 is 0. The highest BCUT2D eigenvalue weighted by molar-refractivity contribution is 5.95. The predicted octanol–water partition coefficient (Wildman–Crippen LogP) is 3.79. The van der Waals surface area contributed by atoms with Crippen LogP contribution in [0.2, 0.25) is 0 Å². The van der Waals surface area contributed by atoms with E-state index in [1.807, 2.05) is 21.9 Å². The van der Waals surface area contributed by atoms with Crippen molar-refractivity contribution in [2.75, 3.05) is 31.5 Å². The standard InChI is InChI=1S/C23H35N3O2/c1-5-18(6-2)17(4)22(27)26-13-12-25(15-16(26)3)23(28)20-10-9-19-8-7-11-24-21(19)14-20/h9-10,14,16-18,24H,5-8,11-13,15H2,1-4H3. The van der Waals surface area contributed by atoms with Gasteiger partial charge in [-0.25, -0.2) is 0 Å². The summed E-state index contributed by atoms with van der Waals surface area (Å²) < 4.78 is 0. The minimum absolute atomic E-state index is 0.0476. The fraction of sp³-hybridized carbons (Fsp3) is 0.652. The zero-order valence-electron chi connectivity index (χ0n) is 17.8. The zero-order valence-corrected chi connectivity index (χ0v) is 17.8. The van der Waals surface area contributed by atoms with Crippen LogP contribution in [-0.4, -0.2) is 53.8 Å². The molecule has 0 spiro atoms. The van der Waals surface area contributed by atoms with Gasteiger partial charge >= 0.3 is 0 Å². The Morgan fingerprint density at radius 3 is 2.64 bits per heavy atom. The van der Waals surface area contributed by atoms with Crippen molar-refractivity contribution in [1.82, 2.24) is 9.80 Å². The maximum atomic E-state index is 13.0. The Morgan fingerprint density at radius 1 is 1.21 bits per heavy atom. The molecule has 0 radical (unpaired) electrons. The van der Waals surface area contributed by atoms with E-state index in [9.17, 15) is 9.59 Å². The molecule has 2 atom stereocenters. The lowest BCUT2D eigenvalue weighted by atomic mass is 9.87. The molecule has 1 fully saturated rings. The van der Waals surface area contributed by atoms with Crippen LogP contribution in [0.4, 0.5) is 5.69 Å². The van der Waals surface area contributed by atoms with Gasteiger partial charge < -0.3 is 15.1 Å². The van der Waals surface area contributed by atoms with Gasteiger partial charge in [-0.2, -0.15) is 0 Å². The third kappa shape index (κ3) is 4.18. The lowest BCUT2D eigenvalue weighted by Gasteiger charge is -2.41. The molecular weight excluding hydrogens is 350 g/mol. The first kappa shape index (κ1) is 20.7. The van der Waals surface area contributed by atoms with Crippen molar-refractivity contribution in [3.8, 4) is 0 Å². The molecule has 0 aromatic heterocycles. The Balaban J connectivity index is 1.65. The number of rotatable bonds is 5. The Morgan fingerprint density at radius 2 is 1.96 bits per heavy atom. The molecule has 1 aromatic carbocycles. The van der Waals surface area contributed by atoms with Crippen molar-refractivity contribution >= 4 is 17.5 Å². The Bertz CT molecular complexity index is 714. The molecule has 1 aromatic rings. The first-order valence-corrected chi connectivity index (χ1v) is 10.9. The van der Waals surface area contributed by atoms with Gasteiger partial charge in [0, 0.05) is 49.4 Å². The minimum atomic E-state index is 0.0476. The monoisotopic (exact) mass is 385 g/mol. The van der Waals surface area contributed by atoms with Crippen LogP contribution in [-0.2, 0) is 11.2 Å². The van der Waals surface area contributed by atoms with E-state index >= 15 is 0 Å². The lowest BCUT2D eigenvalue weighted by molar-refractivity contribution is -0.141. The highest BCUT2D eigenvalue weighted by Gasteiger charge is 2.34. The quantitative estimate of drug-likeness (QED) is 0.839. The number of hydrogen-bond acceptors (Lipinski definition) is 3. The Labute approximate surface area is 169 Å². The number of nitrogens with zero attached hydrogens (tertiary/aromatic N) is 2. The highest BCUT2D eigenvalue weighted by atomic mass is 16.2. The molecule has 28 heavy (non-hydrogen) atoms. The largest absolute Gasteiger partial charge is 0.385 e. The number of piperazine rings is 1. The van der Waals surface area contributed by atoms with Gasteiger partial charge in [-0.05, 0) is 43.4 Å². The van der Waals surface area contributed by atoms with Gasteiger partial charge in [-0.3, -0.25) is 9.59 Å². The fourth-order valence-corrected chi connectivity index (χ4v) is 4.70. The van der Waals surface area contributed by atoms with Gasteiger partial charge in [0.05, 0.1) is 0 Å². The first-order valence-electron chi connectivity index (χ1n) is 10.9. The van der Waals surface area contributed by atoms with Crippen molar-refractivity contribution in [3.63, 3.8) is 0 Å². The second kappa shape index (κ2) is 8.97. The van der Waals surface area contributed by atoms with E-state index in [1.165, 1.54) is 5.56 Å². The van der Waals surface area contributed by atoms with Crippen molar-refractivity contribution < 1.29 is 9.59 Å². The molecule has 1 N–H and O–H groups in total. The molecule has 154 valence electrons. The van der Waals surface area contributed by atoms with Crippen LogP contribution in [0.3, 0.4) is 0 Å². The number of fused-ring (bicyclic) bond motifs is 1. The number of amides is 2. The van der Waals surface area contributed by atoms with Gasteiger partial charge in [0.1, 0.15) is 0 Å². The third-order valence-electron chi connectivity index (χ3n) is 6.64. The van der Waals surface area contributed by atoms with Gasteiger partial charge in [-0.15, -0.1) is 0 Å². The molecule has 2 aliphatic heterocycles. The molecule has 1 saturated heterocycles. The number of nitrogens with one attached hydrogen (secondary N) is 1. The van der Waals surface area contributed by atoms with Crippen LogP contribution in [0.15, 0.2) is 18.2 Å². The molecule has 0 saturated carbocycles. The summed E-state index contributed by atoms with van der Waals surface area (Å²) in [6.45, 7) is 11.2. The maximum absolute atomic E-state index is 13.0. The molecule has 0 aliphatic carbocycles. The van der Waals surface area contributed by atoms with E-state index in [1.54, 1.807) is 0 Å². The van der Waals surface area contributed by atoms with E-state index < -0.39 is 0 Å². The second-order valence-electron chi connectivity index (χ2n) is 8.40. The molecule has 2 heterocycles. The molecule has 5 heteroatoms. The van der Waals surface area contributed by atoms with Crippen LogP contribution in [0.1, 0.15) is 62.9 Å². The number of carbonyl (C=O) groups is 2. The molecule has 3 rings (SSSR count). The minimum Gasteiger partial charge on any atom is -0.385 e. The Kier molecular flexibility index (Phi) is 6.63. The topological polar surface area (TPSA) is 52.7 Å². The van der Waals surface area contributed by atoms with Gasteiger partial charge in [0.2, 0.25) is 5.91 Å². The molecule has 2 amide bonds. The number of aryl methyl sites for hydroxylation is 1. The van der Waals surface area contributed by atoms with E-state index in [0.717, 1.165) is 43.5 Å². The number of benzene rings is 1. The maximum Gasteiger partial charge on any atom is 0.254 e. The average Bonchev–Trinajstić information content (AvgIpc) is 2.73. The van der Waals surface area contributed by atoms with Gasteiger partial charge in [0.25, 0.3) is 5.91 Å². The van der Waals surface area contributed by atoms with Gasteiger partial charge in [-0.1, -0.05) is 39.7 Å². The van der Waals surface area contributed by atoms with Crippen LogP contribution < -0.4 is 5.32 Å². The summed E-state index contributed by atoms with van der Waals surface area (Å²) in [4.78, 5) is 29.9. The zero-order chi connectivity index (χ0) is 20.3. The molecular formula is C23H35N3O2. The van der Waals surface area contributed by atoms with Crippen LogP contribution >= 0.6 is 0 Å². The van der Waals surface area contributed by atoms with E-state index in [2.05, 4.69) is 39.1 Å². The fourth-order valence-electron chi connectivity index (χ4n) is 4.70. The normalized spacial score (nSPS) is 20.5. The number of hydrogen-bond donors (Lipinski definition) is 1.